The van der Waals surface area contributed by atoms with Crippen LogP contribution in [0.2, 0.25) is 0 Å². The van der Waals surface area contributed by atoms with Crippen LogP contribution in [-0.4, -0.2) is 44.1 Å². The van der Waals surface area contributed by atoms with Crippen molar-refractivity contribution in [2.45, 2.75) is 43.1 Å². The molecule has 8 heteroatoms. The topological polar surface area (TPSA) is 27.7 Å². The average Bonchev–Trinajstić information content (AvgIpc) is 3.11. The highest BCUT2D eigenvalue weighted by molar-refractivity contribution is 5.52. The van der Waals surface area contributed by atoms with Crippen LogP contribution in [0.1, 0.15) is 31.2 Å². The highest BCUT2D eigenvalue weighted by Gasteiger charge is 2.47. The summed E-state index contributed by atoms with van der Waals surface area (Å²) in [6.07, 6.45) is -1.06. The molecule has 2 fully saturated rings. The fraction of sp³-hybridized carbons (Fsp3) is 0.478. The van der Waals surface area contributed by atoms with Gasteiger partial charge in [-0.15, -0.1) is 13.2 Å². The maximum Gasteiger partial charge on any atom is 0.573 e. The molecule has 1 N–H and O–H groups in total. The molecule has 2 aliphatic rings. The van der Waals surface area contributed by atoms with E-state index in [1.807, 2.05) is 11.0 Å². The van der Waals surface area contributed by atoms with E-state index in [4.69, 9.17) is 0 Å². The molecule has 0 bridgehead atoms. The quantitative estimate of drug-likeness (QED) is 0.692. The third-order valence-electron chi connectivity index (χ3n) is 6.83. The smallest absolute Gasteiger partial charge is 0.406 e. The van der Waals surface area contributed by atoms with Crippen LogP contribution in [0.4, 0.5) is 23.2 Å². The highest BCUT2D eigenvalue weighted by Crippen LogP contribution is 2.46. The molecule has 31 heavy (non-hydrogen) atoms. The Morgan fingerprint density at radius 3 is 2.26 bits per heavy atom. The zero-order chi connectivity index (χ0) is 22.3. The molecule has 0 aromatic heterocycles. The molecule has 0 atom stereocenters. The Labute approximate surface area is 179 Å². The van der Waals surface area contributed by atoms with E-state index < -0.39 is 17.9 Å². The maximum atomic E-state index is 14.6. The van der Waals surface area contributed by atoms with Gasteiger partial charge in [0.1, 0.15) is 11.6 Å². The molecule has 4 nitrogen and oxygen atoms in total. The Balaban J connectivity index is 1.47. The van der Waals surface area contributed by atoms with E-state index in [1.165, 1.54) is 11.6 Å². The first-order valence-electron chi connectivity index (χ1n) is 10.4. The van der Waals surface area contributed by atoms with Crippen molar-refractivity contribution in [3.8, 4) is 5.75 Å². The Bertz CT molecular complexity index is 909. The van der Waals surface area contributed by atoms with Gasteiger partial charge in [-0.3, -0.25) is 10.2 Å². The van der Waals surface area contributed by atoms with Gasteiger partial charge < -0.3 is 9.64 Å². The van der Waals surface area contributed by atoms with Crippen molar-refractivity contribution in [2.75, 3.05) is 32.2 Å². The molecule has 0 unspecified atom stereocenters. The summed E-state index contributed by atoms with van der Waals surface area (Å²) in [6, 6.07) is 13.8. The number of hydrogen-bond acceptors (Lipinski definition) is 4. The lowest BCUT2D eigenvalue weighted by Gasteiger charge is -2.49. The van der Waals surface area contributed by atoms with Gasteiger partial charge in [0, 0.05) is 23.7 Å². The summed E-state index contributed by atoms with van der Waals surface area (Å²) in [4.78, 5) is 4.15. The van der Waals surface area contributed by atoms with Crippen LogP contribution in [-0.2, 0) is 5.54 Å². The van der Waals surface area contributed by atoms with Crippen LogP contribution in [0.5, 0.6) is 5.75 Å². The number of nitrogens with one attached hydrogen (secondary N) is 1. The van der Waals surface area contributed by atoms with E-state index in [9.17, 15) is 17.6 Å². The molecule has 2 aromatic rings. The molecule has 1 saturated carbocycles. The first kappa shape index (κ1) is 21.9. The lowest BCUT2D eigenvalue weighted by molar-refractivity contribution is -0.274. The second kappa shape index (κ2) is 7.98. The lowest BCUT2D eigenvalue weighted by Crippen LogP contribution is -2.53. The molecular formula is C23H27F4N3O. The van der Waals surface area contributed by atoms with Crippen molar-refractivity contribution < 1.29 is 22.3 Å². The van der Waals surface area contributed by atoms with Crippen molar-refractivity contribution in [2.24, 2.45) is 0 Å². The van der Waals surface area contributed by atoms with Gasteiger partial charge in [0.2, 0.25) is 0 Å². The molecule has 1 spiro atoms. The minimum atomic E-state index is -4.84. The summed E-state index contributed by atoms with van der Waals surface area (Å²) < 4.78 is 55.5. The van der Waals surface area contributed by atoms with Gasteiger partial charge in [0.05, 0.1) is 12.4 Å². The van der Waals surface area contributed by atoms with Gasteiger partial charge in [-0.1, -0.05) is 30.3 Å². The van der Waals surface area contributed by atoms with Gasteiger partial charge in [0.15, 0.2) is 0 Å². The van der Waals surface area contributed by atoms with E-state index in [0.717, 1.165) is 37.8 Å². The zero-order valence-corrected chi connectivity index (χ0v) is 17.7. The number of alkyl halides is 3. The van der Waals surface area contributed by atoms with E-state index in [2.05, 4.69) is 53.3 Å². The first-order chi connectivity index (χ1) is 14.6. The predicted octanol–water partition coefficient (Wildman–Crippen LogP) is 4.86. The third-order valence-corrected chi connectivity index (χ3v) is 6.83. The highest BCUT2D eigenvalue weighted by atomic mass is 19.4. The summed E-state index contributed by atoms with van der Waals surface area (Å²) in [7, 11) is 4.22. The van der Waals surface area contributed by atoms with Crippen LogP contribution in [0.15, 0.2) is 48.5 Å². The van der Waals surface area contributed by atoms with Gasteiger partial charge in [-0.05, 0) is 57.5 Å². The number of benzene rings is 2. The summed E-state index contributed by atoms with van der Waals surface area (Å²) in [6.45, 7) is 1.07. The zero-order valence-electron chi connectivity index (χ0n) is 17.7. The molecule has 0 amide bonds. The summed E-state index contributed by atoms with van der Waals surface area (Å²) in [5, 5.41) is 3.56. The van der Waals surface area contributed by atoms with Crippen LogP contribution in [0.3, 0.4) is 0 Å². The average molecular weight is 437 g/mol. The van der Waals surface area contributed by atoms with Gasteiger partial charge in [-0.25, -0.2) is 4.39 Å². The molecule has 1 saturated heterocycles. The van der Waals surface area contributed by atoms with Crippen molar-refractivity contribution in [3.05, 3.63) is 59.9 Å². The van der Waals surface area contributed by atoms with Gasteiger partial charge in [-0.2, -0.15) is 0 Å². The molecule has 0 radical (unpaired) electrons. The minimum Gasteiger partial charge on any atom is -0.406 e. The standard InChI is InChI=1S/C23H27F4N3O/c1-29(2)22(17-6-4-3-5-7-17)12-10-21(11-13-22)15-30(16-28-21)20-9-8-18(14-19(20)24)31-23(25,26)27/h3-9,14,28H,10-13,15-16H2,1-2H3. The van der Waals surface area contributed by atoms with Crippen LogP contribution in [0, 0.1) is 5.82 Å². The fourth-order valence-corrected chi connectivity index (χ4v) is 5.07. The number of ether oxygens (including phenoxy) is 1. The number of rotatable bonds is 4. The number of hydrogen-bond donors (Lipinski definition) is 1. The normalized spacial score (nSPS) is 26.6. The lowest BCUT2D eigenvalue weighted by atomic mass is 9.69. The molecule has 1 aliphatic heterocycles. The molecule has 4 rings (SSSR count). The Hall–Kier alpha value is -2.32. The van der Waals surface area contributed by atoms with Crippen LogP contribution < -0.4 is 15.0 Å². The van der Waals surface area contributed by atoms with Gasteiger partial charge in [0.25, 0.3) is 0 Å². The molecule has 2 aromatic carbocycles. The summed E-state index contributed by atoms with van der Waals surface area (Å²) in [5.74, 6) is -1.27. The van der Waals surface area contributed by atoms with Crippen LogP contribution in [0.25, 0.3) is 0 Å². The molecular weight excluding hydrogens is 410 g/mol. The number of nitrogens with zero attached hydrogens (tertiary/aromatic N) is 2. The van der Waals surface area contributed by atoms with Crippen molar-refractivity contribution in [1.29, 1.82) is 0 Å². The Kier molecular flexibility index (Phi) is 5.64. The molecule has 168 valence electrons. The van der Waals surface area contributed by atoms with Crippen molar-refractivity contribution in [1.82, 2.24) is 10.2 Å². The van der Waals surface area contributed by atoms with E-state index in [1.54, 1.807) is 0 Å². The van der Waals surface area contributed by atoms with E-state index in [0.29, 0.717) is 13.2 Å². The predicted molar refractivity (Wildman–Crippen MR) is 111 cm³/mol. The maximum absolute atomic E-state index is 14.6. The number of anilines is 1. The summed E-state index contributed by atoms with van der Waals surface area (Å²) >= 11 is 0. The van der Waals surface area contributed by atoms with Crippen molar-refractivity contribution >= 4 is 5.69 Å². The SMILES string of the molecule is CN(C)C1(c2ccccc2)CCC2(CC1)CN(c1ccc(OC(F)(F)F)cc1F)CN2. The Morgan fingerprint density at radius 1 is 1.00 bits per heavy atom. The second-order valence-corrected chi connectivity index (χ2v) is 8.77. The third kappa shape index (κ3) is 4.36. The minimum absolute atomic E-state index is 0.0383. The monoisotopic (exact) mass is 437 g/mol. The van der Waals surface area contributed by atoms with E-state index in [-0.39, 0.29) is 16.8 Å². The first-order valence-corrected chi connectivity index (χ1v) is 10.4. The van der Waals surface area contributed by atoms with Gasteiger partial charge >= 0.3 is 6.36 Å². The number of halogens is 4. The molecule has 1 heterocycles. The molecule has 1 aliphatic carbocycles. The van der Waals surface area contributed by atoms with Crippen molar-refractivity contribution in [3.63, 3.8) is 0 Å². The fourth-order valence-electron chi connectivity index (χ4n) is 5.07. The van der Waals surface area contributed by atoms with E-state index >= 15 is 0 Å². The Morgan fingerprint density at radius 2 is 1.68 bits per heavy atom. The largest absolute Gasteiger partial charge is 0.573 e. The van der Waals surface area contributed by atoms with Crippen LogP contribution >= 0.6 is 0 Å². The summed E-state index contributed by atoms with van der Waals surface area (Å²) in [5.41, 5.74) is 1.41. The second-order valence-electron chi connectivity index (χ2n) is 8.77.